The lowest BCUT2D eigenvalue weighted by atomic mass is 10.0. The van der Waals surface area contributed by atoms with E-state index in [-0.39, 0.29) is 0 Å². The van der Waals surface area contributed by atoms with Crippen molar-refractivity contribution in [2.75, 3.05) is 122 Å². The molecule has 0 fully saturated rings. The first-order chi connectivity index (χ1) is 39.4. The topological polar surface area (TPSA) is 150 Å². The standard InChI is InChI=1S/C65H78N10O6/c1-72(2)26-9-30-76-48-16-22-54-46(36-48)38-58(66-54)44-14-21-53(65-69-57-25-19-51(43-61(57)71-65)79-33-12-29-75(7)8)63(40-44)81-35-13-34-80-62-41-45(64-68-56-24-18-50(42-60(56)70-64)78-32-11-28-74(5)6)15-20-52(62)59-39-47-37-49(17-23-55(47)67-59)77-31-10-27-73(3)4/h14-25,36-37,40-43H,9-13,26-35,38-39H2,1-8H3,(H,68,70)(H,69,71). The fraction of sp³-hybridized carbons (Fsp3) is 0.385. The summed E-state index contributed by atoms with van der Waals surface area (Å²) >= 11 is 0. The summed E-state index contributed by atoms with van der Waals surface area (Å²) in [4.78, 5) is 36.1. The summed E-state index contributed by atoms with van der Waals surface area (Å²) in [7, 11) is 16.6. The van der Waals surface area contributed by atoms with Crippen molar-refractivity contribution in [1.29, 1.82) is 0 Å². The van der Waals surface area contributed by atoms with Gasteiger partial charge in [0.25, 0.3) is 0 Å². The second-order valence-electron chi connectivity index (χ2n) is 22.1. The molecule has 0 aliphatic carbocycles. The molecule has 0 saturated heterocycles. The highest BCUT2D eigenvalue weighted by molar-refractivity contribution is 6.09. The van der Waals surface area contributed by atoms with Gasteiger partial charge in [0.15, 0.2) is 0 Å². The Bertz CT molecular complexity index is 3490. The van der Waals surface area contributed by atoms with E-state index in [9.17, 15) is 0 Å². The Kier molecular flexibility index (Phi) is 18.6. The van der Waals surface area contributed by atoms with Crippen LogP contribution in [0.2, 0.25) is 0 Å². The molecule has 8 aromatic rings. The van der Waals surface area contributed by atoms with Crippen molar-refractivity contribution < 1.29 is 28.4 Å². The molecule has 0 bridgehead atoms. The number of hydrogen-bond donors (Lipinski definition) is 2. The van der Waals surface area contributed by atoms with Gasteiger partial charge in [-0.15, -0.1) is 0 Å². The van der Waals surface area contributed by atoms with E-state index in [4.69, 9.17) is 48.4 Å². The van der Waals surface area contributed by atoms with Crippen molar-refractivity contribution in [3.8, 4) is 57.3 Å². The molecule has 2 N–H and O–H groups in total. The predicted molar refractivity (Wildman–Crippen MR) is 326 cm³/mol. The molecule has 16 nitrogen and oxygen atoms in total. The fourth-order valence-corrected chi connectivity index (χ4v) is 10.0. The summed E-state index contributed by atoms with van der Waals surface area (Å²) in [5.41, 5.74) is 13.2. The van der Waals surface area contributed by atoms with Gasteiger partial charge in [0.2, 0.25) is 0 Å². The Hall–Kier alpha value is -7.76. The van der Waals surface area contributed by atoms with Crippen LogP contribution in [-0.2, 0) is 12.8 Å². The normalized spacial score (nSPS) is 12.9. The highest BCUT2D eigenvalue weighted by atomic mass is 16.5. The number of H-pyrrole nitrogens is 2. The Morgan fingerprint density at radius 2 is 0.790 bits per heavy atom. The number of rotatable bonds is 30. The monoisotopic (exact) mass is 1090 g/mol. The van der Waals surface area contributed by atoms with Gasteiger partial charge in [0.1, 0.15) is 46.1 Å². The van der Waals surface area contributed by atoms with E-state index in [0.717, 1.165) is 165 Å². The van der Waals surface area contributed by atoms with Crippen LogP contribution in [0.15, 0.2) is 119 Å². The van der Waals surface area contributed by atoms with Crippen molar-refractivity contribution in [3.63, 3.8) is 0 Å². The molecular formula is C65H78N10O6. The van der Waals surface area contributed by atoms with Gasteiger partial charge < -0.3 is 58.0 Å². The SMILES string of the molecule is CN(C)CCCOc1ccc2c(c1)CC(c1ccc(-c3nc4ccc(OCCCN(C)C)cc4[nH]3)c(OCCCOc3cc(-c4nc5ccc(OCCCN(C)C)cc5[nH]4)ccc3C3=Nc4ccc(OCCCN(C)C)cc4C3)c1)=N2. The van der Waals surface area contributed by atoms with Crippen LogP contribution >= 0.6 is 0 Å². The van der Waals surface area contributed by atoms with E-state index >= 15 is 0 Å². The molecule has 10 rings (SSSR count). The first-order valence-electron chi connectivity index (χ1n) is 28.4. The molecule has 6 aromatic carbocycles. The van der Waals surface area contributed by atoms with Gasteiger partial charge in [-0.25, -0.2) is 9.97 Å². The number of imidazole rings is 2. The number of ether oxygens (including phenoxy) is 6. The molecule has 0 saturated carbocycles. The summed E-state index contributed by atoms with van der Waals surface area (Å²) < 4.78 is 38.2. The van der Waals surface area contributed by atoms with Gasteiger partial charge in [-0.3, -0.25) is 9.98 Å². The second kappa shape index (κ2) is 26.7. The van der Waals surface area contributed by atoms with Crippen LogP contribution in [0.1, 0.15) is 54.4 Å². The van der Waals surface area contributed by atoms with Gasteiger partial charge >= 0.3 is 0 Å². The number of nitrogens with zero attached hydrogens (tertiary/aromatic N) is 8. The van der Waals surface area contributed by atoms with Crippen LogP contribution in [0.5, 0.6) is 34.5 Å². The van der Waals surface area contributed by atoms with E-state index in [2.05, 4.69) is 147 Å². The molecule has 0 radical (unpaired) electrons. The van der Waals surface area contributed by atoms with Crippen LogP contribution in [0, 0.1) is 0 Å². The van der Waals surface area contributed by atoms with Crippen molar-refractivity contribution in [1.82, 2.24) is 39.5 Å². The number of aromatic amines is 2. The van der Waals surface area contributed by atoms with Gasteiger partial charge in [-0.2, -0.15) is 0 Å². The number of hydrogen-bond acceptors (Lipinski definition) is 14. The summed E-state index contributed by atoms with van der Waals surface area (Å²) in [5.74, 6) is 6.20. The van der Waals surface area contributed by atoms with E-state index in [1.807, 2.05) is 48.5 Å². The number of nitrogens with one attached hydrogen (secondary N) is 2. The molecular weight excluding hydrogens is 1020 g/mol. The summed E-state index contributed by atoms with van der Waals surface area (Å²) in [6, 6.07) is 36.9. The van der Waals surface area contributed by atoms with Crippen molar-refractivity contribution >= 4 is 44.9 Å². The molecule has 2 aromatic heterocycles. The molecule has 424 valence electrons. The van der Waals surface area contributed by atoms with Crippen LogP contribution in [0.3, 0.4) is 0 Å². The third kappa shape index (κ3) is 15.0. The van der Waals surface area contributed by atoms with E-state index in [1.54, 1.807) is 0 Å². The van der Waals surface area contributed by atoms with E-state index < -0.39 is 0 Å². The maximum atomic E-state index is 6.81. The van der Waals surface area contributed by atoms with Crippen LogP contribution < -0.4 is 28.4 Å². The number of benzene rings is 6. The first kappa shape index (κ1) is 56.5. The van der Waals surface area contributed by atoms with Crippen molar-refractivity contribution in [2.24, 2.45) is 9.98 Å². The molecule has 0 atom stereocenters. The van der Waals surface area contributed by atoms with Gasteiger partial charge in [0, 0.05) is 74.3 Å². The maximum Gasteiger partial charge on any atom is 0.142 e. The minimum atomic E-state index is 0.380. The number of fused-ring (bicyclic) bond motifs is 4. The average Bonchev–Trinajstić information content (AvgIpc) is 4.32. The molecule has 0 unspecified atom stereocenters. The van der Waals surface area contributed by atoms with Gasteiger partial charge in [-0.05, 0) is 178 Å². The smallest absolute Gasteiger partial charge is 0.142 e. The number of aromatic nitrogens is 4. The lowest BCUT2D eigenvalue weighted by Crippen LogP contribution is -2.15. The fourth-order valence-electron chi connectivity index (χ4n) is 10.0. The van der Waals surface area contributed by atoms with Crippen molar-refractivity contribution in [2.45, 2.75) is 44.9 Å². The molecule has 0 amide bonds. The Balaban J connectivity index is 0.877. The minimum absolute atomic E-state index is 0.380. The molecule has 16 heteroatoms. The number of aliphatic imine (C=N–C) groups is 2. The van der Waals surface area contributed by atoms with Crippen LogP contribution in [0.4, 0.5) is 11.4 Å². The van der Waals surface area contributed by atoms with Crippen molar-refractivity contribution in [3.05, 3.63) is 131 Å². The second-order valence-corrected chi connectivity index (χ2v) is 22.1. The summed E-state index contributed by atoms with van der Waals surface area (Å²) in [5, 5.41) is 0. The Morgan fingerprint density at radius 1 is 0.383 bits per heavy atom. The molecule has 0 spiro atoms. The lowest BCUT2D eigenvalue weighted by Gasteiger charge is -2.15. The minimum Gasteiger partial charge on any atom is -0.494 e. The maximum absolute atomic E-state index is 6.81. The Labute approximate surface area is 476 Å². The van der Waals surface area contributed by atoms with Crippen LogP contribution in [-0.4, -0.2) is 173 Å². The van der Waals surface area contributed by atoms with E-state index in [1.165, 1.54) is 0 Å². The zero-order valence-electron chi connectivity index (χ0n) is 48.4. The third-order valence-electron chi connectivity index (χ3n) is 14.2. The zero-order chi connectivity index (χ0) is 56.2. The quantitative estimate of drug-likeness (QED) is 0.0413. The summed E-state index contributed by atoms with van der Waals surface area (Å²) in [6.07, 6.45) is 5.71. The Morgan fingerprint density at radius 3 is 1.32 bits per heavy atom. The molecule has 81 heavy (non-hydrogen) atoms. The summed E-state index contributed by atoms with van der Waals surface area (Å²) in [6.45, 7) is 7.22. The molecule has 2 aliphatic heterocycles. The molecule has 2 aliphatic rings. The largest absolute Gasteiger partial charge is 0.494 e. The average molecular weight is 1100 g/mol. The predicted octanol–water partition coefficient (Wildman–Crippen LogP) is 11.3. The molecule has 4 heterocycles. The van der Waals surface area contributed by atoms with Gasteiger partial charge in [0.05, 0.1) is 90.1 Å². The van der Waals surface area contributed by atoms with Gasteiger partial charge in [-0.1, -0.05) is 12.1 Å². The highest BCUT2D eigenvalue weighted by Crippen LogP contribution is 2.39. The zero-order valence-corrected chi connectivity index (χ0v) is 48.4. The highest BCUT2D eigenvalue weighted by Gasteiger charge is 2.23. The first-order valence-corrected chi connectivity index (χ1v) is 28.4. The van der Waals surface area contributed by atoms with Crippen LogP contribution in [0.25, 0.3) is 44.8 Å². The lowest BCUT2D eigenvalue weighted by molar-refractivity contribution is 0.248. The van der Waals surface area contributed by atoms with E-state index in [0.29, 0.717) is 70.5 Å². The third-order valence-corrected chi connectivity index (χ3v) is 14.2.